The van der Waals surface area contributed by atoms with Gasteiger partial charge in [-0.1, -0.05) is 24.3 Å². The average Bonchev–Trinajstić information content (AvgIpc) is 3.20. The molecule has 1 aromatic heterocycles. The second kappa shape index (κ2) is 10.4. The fourth-order valence-corrected chi connectivity index (χ4v) is 2.68. The standard InChI is InChI=1S/C22H25N3O5/c1-3-12-25-13-19(23-24-25)15-29-20-10-6-18(7-11-20)22(27)30-21-8-4-17(5-9-21)14-28-16(2)26/h4-11,13,22,27H,3,12,14-15H2,1-2H3. The van der Waals surface area contributed by atoms with Crippen LogP contribution in [0.3, 0.4) is 0 Å². The first kappa shape index (κ1) is 21.3. The lowest BCUT2D eigenvalue weighted by Crippen LogP contribution is -2.06. The summed E-state index contributed by atoms with van der Waals surface area (Å²) < 4.78 is 18.0. The van der Waals surface area contributed by atoms with E-state index < -0.39 is 6.29 Å². The SMILES string of the molecule is CCCn1cc(COc2ccc(C(O)Oc3ccc(COC(C)=O)cc3)cc2)nn1. The number of hydrogen-bond donors (Lipinski definition) is 1. The molecule has 30 heavy (non-hydrogen) atoms. The molecule has 0 aliphatic rings. The van der Waals surface area contributed by atoms with E-state index in [2.05, 4.69) is 17.2 Å². The lowest BCUT2D eigenvalue weighted by molar-refractivity contribution is -0.142. The number of rotatable bonds is 10. The molecule has 3 rings (SSSR count). The van der Waals surface area contributed by atoms with Crippen molar-refractivity contribution in [2.45, 2.75) is 46.3 Å². The lowest BCUT2D eigenvalue weighted by atomic mass is 10.2. The minimum absolute atomic E-state index is 0.203. The summed E-state index contributed by atoms with van der Waals surface area (Å²) in [6.45, 7) is 4.80. The van der Waals surface area contributed by atoms with Gasteiger partial charge in [0, 0.05) is 19.0 Å². The van der Waals surface area contributed by atoms with Crippen molar-refractivity contribution in [1.82, 2.24) is 15.0 Å². The number of aryl methyl sites for hydroxylation is 1. The number of hydrogen-bond acceptors (Lipinski definition) is 7. The van der Waals surface area contributed by atoms with Crippen LogP contribution in [0, 0.1) is 0 Å². The number of carbonyl (C=O) groups is 1. The van der Waals surface area contributed by atoms with Gasteiger partial charge in [-0.25, -0.2) is 0 Å². The molecule has 0 amide bonds. The molecule has 1 unspecified atom stereocenters. The number of aromatic nitrogens is 3. The lowest BCUT2D eigenvalue weighted by Gasteiger charge is -2.14. The monoisotopic (exact) mass is 411 g/mol. The third-order valence-corrected chi connectivity index (χ3v) is 4.20. The Kier molecular flexibility index (Phi) is 7.40. The molecular weight excluding hydrogens is 386 g/mol. The van der Waals surface area contributed by atoms with Crippen LogP contribution in [0.2, 0.25) is 0 Å². The number of aliphatic hydroxyl groups is 1. The van der Waals surface area contributed by atoms with E-state index in [1.54, 1.807) is 53.2 Å². The fourth-order valence-electron chi connectivity index (χ4n) is 2.68. The van der Waals surface area contributed by atoms with E-state index in [0.717, 1.165) is 24.2 Å². The average molecular weight is 411 g/mol. The van der Waals surface area contributed by atoms with Gasteiger partial charge in [-0.05, 0) is 48.4 Å². The van der Waals surface area contributed by atoms with Crippen molar-refractivity contribution in [3.63, 3.8) is 0 Å². The minimum atomic E-state index is -1.12. The van der Waals surface area contributed by atoms with Crippen molar-refractivity contribution >= 4 is 5.97 Å². The number of ether oxygens (including phenoxy) is 3. The summed E-state index contributed by atoms with van der Waals surface area (Å²) in [5.41, 5.74) is 2.19. The van der Waals surface area contributed by atoms with Crippen LogP contribution in [0.25, 0.3) is 0 Å². The Morgan fingerprint density at radius 1 is 1.07 bits per heavy atom. The largest absolute Gasteiger partial charge is 0.487 e. The summed E-state index contributed by atoms with van der Waals surface area (Å²) in [7, 11) is 0. The molecule has 0 radical (unpaired) electrons. The molecule has 0 aliphatic heterocycles. The van der Waals surface area contributed by atoms with E-state index in [9.17, 15) is 9.90 Å². The highest BCUT2D eigenvalue weighted by atomic mass is 16.6. The predicted molar refractivity (Wildman–Crippen MR) is 109 cm³/mol. The van der Waals surface area contributed by atoms with Crippen molar-refractivity contribution < 1.29 is 24.1 Å². The van der Waals surface area contributed by atoms with Gasteiger partial charge in [-0.2, -0.15) is 0 Å². The Balaban J connectivity index is 1.50. The minimum Gasteiger partial charge on any atom is -0.487 e. The smallest absolute Gasteiger partial charge is 0.302 e. The number of aliphatic hydroxyl groups excluding tert-OH is 1. The van der Waals surface area contributed by atoms with Crippen molar-refractivity contribution in [3.8, 4) is 11.5 Å². The zero-order valence-electron chi connectivity index (χ0n) is 17.0. The van der Waals surface area contributed by atoms with Crippen molar-refractivity contribution in [2.75, 3.05) is 0 Å². The topological polar surface area (TPSA) is 95.7 Å². The van der Waals surface area contributed by atoms with Crippen LogP contribution >= 0.6 is 0 Å². The molecule has 1 atom stereocenters. The van der Waals surface area contributed by atoms with Gasteiger partial charge in [0.05, 0.1) is 6.20 Å². The van der Waals surface area contributed by atoms with Crippen LogP contribution < -0.4 is 9.47 Å². The molecule has 0 fully saturated rings. The molecule has 8 heteroatoms. The summed E-state index contributed by atoms with van der Waals surface area (Å²) in [5.74, 6) is 0.830. The number of esters is 1. The van der Waals surface area contributed by atoms with Crippen LogP contribution in [0.5, 0.6) is 11.5 Å². The maximum absolute atomic E-state index is 10.9. The van der Waals surface area contributed by atoms with Gasteiger partial charge in [0.25, 0.3) is 0 Å². The Bertz CT molecular complexity index is 938. The van der Waals surface area contributed by atoms with Crippen LogP contribution in [0.15, 0.2) is 54.7 Å². The van der Waals surface area contributed by atoms with Gasteiger partial charge in [-0.15, -0.1) is 5.10 Å². The van der Waals surface area contributed by atoms with Crippen LogP contribution in [0.1, 0.15) is 43.4 Å². The van der Waals surface area contributed by atoms with E-state index in [-0.39, 0.29) is 12.6 Å². The molecule has 1 heterocycles. The summed E-state index contributed by atoms with van der Waals surface area (Å²) in [6.07, 6.45) is 1.74. The van der Waals surface area contributed by atoms with E-state index in [1.165, 1.54) is 6.92 Å². The first-order valence-corrected chi connectivity index (χ1v) is 9.72. The molecule has 0 saturated carbocycles. The third-order valence-electron chi connectivity index (χ3n) is 4.20. The van der Waals surface area contributed by atoms with E-state index in [0.29, 0.717) is 23.7 Å². The molecule has 0 spiro atoms. The maximum Gasteiger partial charge on any atom is 0.302 e. The summed E-state index contributed by atoms with van der Waals surface area (Å²) in [6, 6.07) is 14.0. The number of nitrogens with zero attached hydrogens (tertiary/aromatic N) is 3. The van der Waals surface area contributed by atoms with E-state index >= 15 is 0 Å². The van der Waals surface area contributed by atoms with E-state index in [4.69, 9.17) is 14.2 Å². The van der Waals surface area contributed by atoms with Crippen molar-refractivity contribution in [3.05, 3.63) is 71.5 Å². The van der Waals surface area contributed by atoms with Crippen LogP contribution in [0.4, 0.5) is 0 Å². The second-order valence-electron chi connectivity index (χ2n) is 6.73. The molecule has 0 aliphatic carbocycles. The highest BCUT2D eigenvalue weighted by molar-refractivity contribution is 5.65. The van der Waals surface area contributed by atoms with Crippen molar-refractivity contribution in [1.29, 1.82) is 0 Å². The zero-order chi connectivity index (χ0) is 21.3. The third kappa shape index (κ3) is 6.31. The summed E-state index contributed by atoms with van der Waals surface area (Å²) >= 11 is 0. The predicted octanol–water partition coefficient (Wildman–Crippen LogP) is 3.40. The molecule has 3 aromatic rings. The Labute approximate surface area is 175 Å². The Hall–Kier alpha value is -3.39. The molecule has 8 nitrogen and oxygen atoms in total. The molecule has 2 aromatic carbocycles. The van der Waals surface area contributed by atoms with Gasteiger partial charge < -0.3 is 19.3 Å². The highest BCUT2D eigenvalue weighted by Crippen LogP contribution is 2.23. The molecular formula is C22H25N3O5. The van der Waals surface area contributed by atoms with Crippen molar-refractivity contribution in [2.24, 2.45) is 0 Å². The maximum atomic E-state index is 10.9. The Morgan fingerprint density at radius 3 is 2.43 bits per heavy atom. The molecule has 0 saturated heterocycles. The first-order chi connectivity index (χ1) is 14.5. The van der Waals surface area contributed by atoms with Crippen LogP contribution in [-0.4, -0.2) is 26.1 Å². The summed E-state index contributed by atoms with van der Waals surface area (Å²) in [4.78, 5) is 10.9. The molecule has 1 N–H and O–H groups in total. The zero-order valence-corrected chi connectivity index (χ0v) is 17.0. The van der Waals surface area contributed by atoms with Gasteiger partial charge in [0.15, 0.2) is 0 Å². The summed E-state index contributed by atoms with van der Waals surface area (Å²) in [5, 5.41) is 18.4. The fraction of sp³-hybridized carbons (Fsp3) is 0.318. The quantitative estimate of drug-likeness (QED) is 0.403. The number of carbonyl (C=O) groups excluding carboxylic acids is 1. The highest BCUT2D eigenvalue weighted by Gasteiger charge is 2.10. The second-order valence-corrected chi connectivity index (χ2v) is 6.73. The molecule has 0 bridgehead atoms. The van der Waals surface area contributed by atoms with Gasteiger partial charge >= 0.3 is 5.97 Å². The van der Waals surface area contributed by atoms with E-state index in [1.807, 2.05) is 6.20 Å². The first-order valence-electron chi connectivity index (χ1n) is 9.72. The number of benzene rings is 2. The Morgan fingerprint density at radius 2 is 1.77 bits per heavy atom. The van der Waals surface area contributed by atoms with Crippen LogP contribution in [-0.2, 0) is 29.3 Å². The van der Waals surface area contributed by atoms with Gasteiger partial charge in [0.1, 0.15) is 30.4 Å². The van der Waals surface area contributed by atoms with Gasteiger partial charge in [-0.3, -0.25) is 9.48 Å². The molecule has 158 valence electrons. The van der Waals surface area contributed by atoms with Gasteiger partial charge in [0.2, 0.25) is 6.29 Å². The normalized spacial score (nSPS) is 11.7.